The van der Waals surface area contributed by atoms with Crippen molar-refractivity contribution in [1.82, 2.24) is 4.90 Å². The van der Waals surface area contributed by atoms with Crippen LogP contribution in [0.15, 0.2) is 47.6 Å². The van der Waals surface area contributed by atoms with E-state index in [4.69, 9.17) is 18.9 Å². The number of hydrogen-bond acceptors (Lipinski definition) is 11. The molecule has 2 N–H and O–H groups in total. The number of carbonyl (C=O) groups excluding carboxylic acids is 5. The van der Waals surface area contributed by atoms with E-state index in [1.54, 1.807) is 41.1 Å². The Morgan fingerprint density at radius 2 is 1.57 bits per heavy atom. The van der Waals surface area contributed by atoms with E-state index >= 15 is 0 Å². The zero-order valence-electron chi connectivity index (χ0n) is 41.3. The zero-order chi connectivity index (χ0) is 48.0. The maximum atomic E-state index is 14.2. The molecule has 65 heavy (non-hydrogen) atoms. The molecule has 14 atom stereocenters. The Balaban J connectivity index is 1.58. The number of epoxide rings is 1. The van der Waals surface area contributed by atoms with E-state index in [-0.39, 0.29) is 55.0 Å². The second-order valence-corrected chi connectivity index (χ2v) is 20.1. The first-order chi connectivity index (χ1) is 30.9. The minimum Gasteiger partial charge on any atom is -0.460 e. The van der Waals surface area contributed by atoms with E-state index < -0.39 is 59.6 Å². The van der Waals surface area contributed by atoms with Crippen molar-refractivity contribution in [3.63, 3.8) is 0 Å². The normalized spacial score (nSPS) is 39.3. The maximum Gasteiger partial charge on any atom is 0.329 e. The van der Waals surface area contributed by atoms with Gasteiger partial charge in [0, 0.05) is 44.9 Å². The topological polar surface area (TPSA) is 169 Å². The summed E-state index contributed by atoms with van der Waals surface area (Å²) in [6, 6.07) is -1.06. The number of ether oxygens (including phenoxy) is 4. The molecule has 1 saturated carbocycles. The number of fused-ring (bicyclic) bond motifs is 2. The number of amides is 1. The highest BCUT2D eigenvalue weighted by molar-refractivity contribution is 6.39. The predicted molar refractivity (Wildman–Crippen MR) is 251 cm³/mol. The molecule has 14 unspecified atom stereocenters. The van der Waals surface area contributed by atoms with Gasteiger partial charge in [-0.15, -0.1) is 0 Å². The van der Waals surface area contributed by atoms with Crippen molar-refractivity contribution >= 4 is 29.2 Å². The molecule has 0 aromatic carbocycles. The number of methoxy groups -OCH3 is 2. The smallest absolute Gasteiger partial charge is 0.329 e. The summed E-state index contributed by atoms with van der Waals surface area (Å²) in [5.74, 6) is -5.39. The first-order valence-electron chi connectivity index (χ1n) is 24.8. The van der Waals surface area contributed by atoms with Gasteiger partial charge in [0.2, 0.25) is 0 Å². The highest BCUT2D eigenvalue weighted by Gasteiger charge is 2.64. The van der Waals surface area contributed by atoms with Crippen molar-refractivity contribution in [2.75, 3.05) is 20.8 Å². The van der Waals surface area contributed by atoms with Crippen LogP contribution in [0.5, 0.6) is 0 Å². The Labute approximate surface area is 390 Å². The van der Waals surface area contributed by atoms with Crippen LogP contribution in [0.1, 0.15) is 152 Å². The van der Waals surface area contributed by atoms with Gasteiger partial charge in [-0.1, -0.05) is 97.3 Å². The SMILES string of the molecule is CCC(C)C1CCC(CCC2CC(=O)C(C)/C=C(\C)C(O)C(C)C(=O)C(C)CC(C)/C=C/C=C/C=C(\C)C(OC)CCCCC3OC3(O)C(=O)C(=O)N3CCCCC3C(=O)O2)CC1OC. The summed E-state index contributed by atoms with van der Waals surface area (Å²) < 4.78 is 23.4. The number of carbonyl (C=O) groups is 5. The summed E-state index contributed by atoms with van der Waals surface area (Å²) in [4.78, 5) is 70.4. The molecule has 3 aliphatic heterocycles. The van der Waals surface area contributed by atoms with Gasteiger partial charge in [0.15, 0.2) is 0 Å². The molecule has 12 heteroatoms. The van der Waals surface area contributed by atoms with Gasteiger partial charge in [-0.3, -0.25) is 19.2 Å². The molecular formula is C53H83NO11. The third-order valence-electron chi connectivity index (χ3n) is 15.1. The van der Waals surface area contributed by atoms with Crippen LogP contribution in [0, 0.1) is 41.4 Å². The van der Waals surface area contributed by atoms with E-state index in [2.05, 4.69) is 26.8 Å². The fourth-order valence-electron chi connectivity index (χ4n) is 10.5. The van der Waals surface area contributed by atoms with Gasteiger partial charge in [0.05, 0.1) is 18.3 Å². The maximum absolute atomic E-state index is 14.2. The number of rotatable bonds is 7. The Kier molecular flexibility index (Phi) is 21.5. The predicted octanol–water partition coefficient (Wildman–Crippen LogP) is 8.61. The lowest BCUT2D eigenvalue weighted by molar-refractivity contribution is -0.166. The summed E-state index contributed by atoms with van der Waals surface area (Å²) in [6.45, 7) is 15.8. The summed E-state index contributed by atoms with van der Waals surface area (Å²) in [5, 5.41) is 22.6. The van der Waals surface area contributed by atoms with Gasteiger partial charge in [-0.2, -0.15) is 0 Å². The fourth-order valence-corrected chi connectivity index (χ4v) is 10.5. The number of hydrogen-bond donors (Lipinski definition) is 2. The van der Waals surface area contributed by atoms with Crippen molar-refractivity contribution in [2.24, 2.45) is 41.4 Å². The minimum atomic E-state index is -2.24. The Morgan fingerprint density at radius 1 is 0.862 bits per heavy atom. The number of esters is 1. The highest BCUT2D eigenvalue weighted by atomic mass is 16.7. The zero-order valence-corrected chi connectivity index (χ0v) is 41.3. The Hall–Kier alpha value is -3.29. The molecule has 4 rings (SSSR count). The van der Waals surface area contributed by atoms with Crippen molar-refractivity contribution in [3.05, 3.63) is 47.6 Å². The molecule has 0 aromatic rings. The second kappa shape index (κ2) is 25.7. The summed E-state index contributed by atoms with van der Waals surface area (Å²) >= 11 is 0. The van der Waals surface area contributed by atoms with Crippen LogP contribution in [0.2, 0.25) is 0 Å². The number of ketones is 3. The Morgan fingerprint density at radius 3 is 2.26 bits per heavy atom. The third kappa shape index (κ3) is 15.1. The molecule has 2 saturated heterocycles. The Bertz CT molecular complexity index is 1730. The first-order valence-corrected chi connectivity index (χ1v) is 24.8. The van der Waals surface area contributed by atoms with Gasteiger partial charge in [-0.25, -0.2) is 4.79 Å². The number of aliphatic hydroxyl groups excluding tert-OH is 1. The molecule has 0 spiro atoms. The lowest BCUT2D eigenvalue weighted by Crippen LogP contribution is -2.54. The largest absolute Gasteiger partial charge is 0.460 e. The monoisotopic (exact) mass is 910 g/mol. The first kappa shape index (κ1) is 54.3. The lowest BCUT2D eigenvalue weighted by atomic mass is 9.72. The van der Waals surface area contributed by atoms with Gasteiger partial charge in [0.1, 0.15) is 29.8 Å². The number of nitrogens with zero attached hydrogens (tertiary/aromatic N) is 1. The van der Waals surface area contributed by atoms with Gasteiger partial charge in [0.25, 0.3) is 17.5 Å². The second-order valence-electron chi connectivity index (χ2n) is 20.1. The van der Waals surface area contributed by atoms with Crippen LogP contribution < -0.4 is 0 Å². The molecule has 366 valence electrons. The molecule has 1 aliphatic carbocycles. The summed E-state index contributed by atoms with van der Waals surface area (Å²) in [5.41, 5.74) is 1.56. The molecule has 4 aliphatic rings. The van der Waals surface area contributed by atoms with Crippen molar-refractivity contribution in [3.8, 4) is 0 Å². The molecular weight excluding hydrogens is 827 g/mol. The van der Waals surface area contributed by atoms with Crippen LogP contribution in [-0.2, 0) is 42.9 Å². The average molecular weight is 910 g/mol. The van der Waals surface area contributed by atoms with Crippen LogP contribution >= 0.6 is 0 Å². The standard InChI is InChI=1S/C53H83NO11/c1-11-34(3)42-27-25-40(31-46(42)63-10)24-26-41-32-44(55)36(5)30-38(7)49(57)39(8)48(56)37(6)29-33(2)19-13-12-14-20-35(4)45(62-9)22-15-16-23-47-53(61,65-47)50(58)51(59)54-28-18-17-21-43(54)52(60)64-41/h12-14,19-20,30,33-34,36-37,39-43,45-47,49,57,61H,11,15-18,21-29,31-32H2,1-10H3/b14-12+,19-13+,35-20+,38-30+. The number of allylic oxidation sites excluding steroid dienone is 6. The quantitative estimate of drug-likeness (QED) is 0.109. The van der Waals surface area contributed by atoms with Gasteiger partial charge >= 0.3 is 5.97 Å². The minimum absolute atomic E-state index is 0.0453. The van der Waals surface area contributed by atoms with Gasteiger partial charge in [-0.05, 0) is 119 Å². The van der Waals surface area contributed by atoms with E-state index in [1.807, 2.05) is 38.2 Å². The fraction of sp³-hybridized carbons (Fsp3) is 0.755. The van der Waals surface area contributed by atoms with Crippen LogP contribution in [0.3, 0.4) is 0 Å². The number of piperidine rings is 1. The van der Waals surface area contributed by atoms with E-state index in [9.17, 15) is 34.2 Å². The number of aliphatic hydroxyl groups is 2. The molecule has 1 amide bonds. The lowest BCUT2D eigenvalue weighted by Gasteiger charge is -2.39. The molecule has 12 nitrogen and oxygen atoms in total. The summed E-state index contributed by atoms with van der Waals surface area (Å²) in [6.07, 6.45) is 18.5. The van der Waals surface area contributed by atoms with Crippen molar-refractivity contribution in [1.29, 1.82) is 0 Å². The molecule has 3 heterocycles. The van der Waals surface area contributed by atoms with Crippen LogP contribution in [0.4, 0.5) is 0 Å². The van der Waals surface area contributed by atoms with E-state index in [0.717, 1.165) is 37.7 Å². The van der Waals surface area contributed by atoms with Crippen LogP contribution in [0.25, 0.3) is 0 Å². The molecule has 0 radical (unpaired) electrons. The number of Topliss-reactive ketones (excluding diaryl/α,β-unsaturated/α-hetero) is 3. The molecule has 0 bridgehead atoms. The van der Waals surface area contributed by atoms with Crippen molar-refractivity contribution < 1.29 is 53.1 Å². The highest BCUT2D eigenvalue weighted by Crippen LogP contribution is 2.41. The van der Waals surface area contributed by atoms with E-state index in [1.165, 1.54) is 4.90 Å². The van der Waals surface area contributed by atoms with E-state index in [0.29, 0.717) is 74.7 Å². The van der Waals surface area contributed by atoms with Crippen LogP contribution in [-0.4, -0.2) is 107 Å². The molecule has 0 aromatic heterocycles. The third-order valence-corrected chi connectivity index (χ3v) is 15.1. The average Bonchev–Trinajstić information content (AvgIpc) is 3.98. The summed E-state index contributed by atoms with van der Waals surface area (Å²) in [7, 11) is 3.43. The molecule has 3 fully saturated rings. The van der Waals surface area contributed by atoms with Gasteiger partial charge < -0.3 is 34.1 Å². The van der Waals surface area contributed by atoms with Crippen molar-refractivity contribution in [2.45, 2.75) is 194 Å². The number of cyclic esters (lactones) is 1.